The number of aromatic nitrogens is 4. The van der Waals surface area contributed by atoms with Crippen LogP contribution in [0.4, 0.5) is 0 Å². The number of hydrogen-bond donors (Lipinski definition) is 1. The molecule has 1 aliphatic heterocycles. The summed E-state index contributed by atoms with van der Waals surface area (Å²) in [4.78, 5) is 46.1. The van der Waals surface area contributed by atoms with Crippen molar-refractivity contribution in [3.8, 4) is 11.5 Å². The van der Waals surface area contributed by atoms with Gasteiger partial charge in [0.1, 0.15) is 0 Å². The van der Waals surface area contributed by atoms with E-state index in [-0.39, 0.29) is 17.0 Å². The van der Waals surface area contributed by atoms with Gasteiger partial charge in [0.2, 0.25) is 5.91 Å². The van der Waals surface area contributed by atoms with E-state index in [0.717, 1.165) is 15.9 Å². The molecule has 0 aliphatic carbocycles. The number of fused-ring (bicyclic) bond motifs is 1. The van der Waals surface area contributed by atoms with Crippen LogP contribution in [0.3, 0.4) is 0 Å². The predicted octanol–water partition coefficient (Wildman–Crippen LogP) is 0.824. The third kappa shape index (κ3) is 4.78. The molecular weight excluding hydrogens is 484 g/mol. The summed E-state index contributed by atoms with van der Waals surface area (Å²) in [6.07, 6.45) is 4.76. The number of hydrogen-bond acceptors (Lipinski definition) is 8. The number of carbonyl (C=O) groups excluding carboxylic acids is 1. The summed E-state index contributed by atoms with van der Waals surface area (Å²) in [5.74, 6) is 1.05. The number of rotatable bonds is 7. The van der Waals surface area contributed by atoms with Crippen molar-refractivity contribution in [3.05, 3.63) is 56.5 Å². The van der Waals surface area contributed by atoms with Gasteiger partial charge in [0.15, 0.2) is 22.7 Å². The number of nitrogens with zero attached hydrogens (tertiary/aromatic N) is 6. The number of aryl methyl sites for hydroxylation is 1. The van der Waals surface area contributed by atoms with Gasteiger partial charge >= 0.3 is 5.69 Å². The van der Waals surface area contributed by atoms with Crippen molar-refractivity contribution >= 4 is 34.9 Å². The van der Waals surface area contributed by atoms with Crippen LogP contribution in [0.15, 0.2) is 34.1 Å². The van der Waals surface area contributed by atoms with Gasteiger partial charge in [0.05, 0.1) is 25.4 Å². The lowest BCUT2D eigenvalue weighted by Crippen LogP contribution is -2.39. The molecule has 1 aromatic carbocycles. The van der Waals surface area contributed by atoms with Crippen molar-refractivity contribution < 1.29 is 14.6 Å². The molecule has 192 valence electrons. The monoisotopic (exact) mass is 514 g/mol. The Balaban J connectivity index is 1.57. The van der Waals surface area contributed by atoms with Gasteiger partial charge in [-0.1, -0.05) is 0 Å². The molecule has 1 amide bonds. The van der Waals surface area contributed by atoms with E-state index >= 15 is 0 Å². The maximum Gasteiger partial charge on any atom is 0.332 e. The lowest BCUT2D eigenvalue weighted by Gasteiger charge is -2.23. The minimum atomic E-state index is -0.436. The van der Waals surface area contributed by atoms with Crippen LogP contribution in [-0.4, -0.2) is 78.4 Å². The van der Waals surface area contributed by atoms with Crippen LogP contribution in [-0.2, 0) is 32.0 Å². The predicted molar refractivity (Wildman–Crippen MR) is 139 cm³/mol. The van der Waals surface area contributed by atoms with Crippen molar-refractivity contribution in [1.29, 1.82) is 0 Å². The molecule has 0 bridgehead atoms. The maximum atomic E-state index is 13.1. The number of carbonyl (C=O) groups is 1. The molecule has 12 heteroatoms. The molecule has 1 atom stereocenters. The number of aromatic hydroxyl groups is 1. The first-order chi connectivity index (χ1) is 17.1. The second kappa shape index (κ2) is 10.2. The summed E-state index contributed by atoms with van der Waals surface area (Å²) in [6, 6.07) is 3.52. The van der Waals surface area contributed by atoms with E-state index < -0.39 is 11.2 Å². The number of methoxy groups -OCH3 is 1. The number of phenols is 1. The van der Waals surface area contributed by atoms with E-state index in [9.17, 15) is 19.5 Å². The molecule has 3 heterocycles. The minimum Gasteiger partial charge on any atom is -0.504 e. The second-order valence-electron chi connectivity index (χ2n) is 8.93. The topological polar surface area (TPSA) is 115 Å². The number of amides is 1. The molecule has 1 fully saturated rings. The summed E-state index contributed by atoms with van der Waals surface area (Å²) < 4.78 is 9.42. The first kappa shape index (κ1) is 25.6. The molecule has 0 saturated carbocycles. The molecule has 0 radical (unpaired) electrons. The van der Waals surface area contributed by atoms with Crippen LogP contribution in [0.1, 0.15) is 11.1 Å². The van der Waals surface area contributed by atoms with Crippen molar-refractivity contribution in [2.45, 2.75) is 18.5 Å². The van der Waals surface area contributed by atoms with E-state index in [1.807, 2.05) is 25.1 Å². The standard InChI is InChI=1S/C24H30N6O5S/c1-26(2)12-16-10-15(11-17(35-5)21(16)32)6-7-18(31)30-8-9-36-19(30)13-29-14-25-22-20(29)23(33)28(4)24(34)27(22)3/h6-7,10-11,14,19,32H,8-9,12-13H2,1-5H3. The van der Waals surface area contributed by atoms with E-state index in [4.69, 9.17) is 4.74 Å². The Morgan fingerprint density at radius 3 is 2.72 bits per heavy atom. The Hall–Kier alpha value is -3.51. The summed E-state index contributed by atoms with van der Waals surface area (Å²) in [7, 11) is 8.32. The van der Waals surface area contributed by atoms with E-state index in [1.54, 1.807) is 40.4 Å². The summed E-state index contributed by atoms with van der Waals surface area (Å²) in [6.45, 7) is 1.47. The fraction of sp³-hybridized carbons (Fsp3) is 0.417. The fourth-order valence-electron chi connectivity index (χ4n) is 4.29. The second-order valence-corrected chi connectivity index (χ2v) is 10.2. The van der Waals surface area contributed by atoms with Crippen LogP contribution < -0.4 is 16.0 Å². The van der Waals surface area contributed by atoms with E-state index in [0.29, 0.717) is 42.1 Å². The van der Waals surface area contributed by atoms with Crippen molar-refractivity contribution in [2.75, 3.05) is 33.5 Å². The third-order valence-corrected chi connectivity index (χ3v) is 7.35. The van der Waals surface area contributed by atoms with E-state index in [1.165, 1.54) is 31.1 Å². The zero-order valence-corrected chi connectivity index (χ0v) is 21.8. The van der Waals surface area contributed by atoms with Gasteiger partial charge in [-0.3, -0.25) is 18.7 Å². The molecule has 36 heavy (non-hydrogen) atoms. The normalized spacial score (nSPS) is 16.1. The van der Waals surface area contributed by atoms with Crippen LogP contribution in [0.5, 0.6) is 11.5 Å². The zero-order valence-electron chi connectivity index (χ0n) is 21.0. The first-order valence-electron chi connectivity index (χ1n) is 11.4. The lowest BCUT2D eigenvalue weighted by molar-refractivity contribution is -0.126. The van der Waals surface area contributed by atoms with Crippen LogP contribution in [0.25, 0.3) is 17.2 Å². The molecule has 1 N–H and O–H groups in total. The number of thioether (sulfide) groups is 1. The smallest absolute Gasteiger partial charge is 0.332 e. The quantitative estimate of drug-likeness (QED) is 0.461. The molecule has 0 spiro atoms. The number of phenolic OH excluding ortho intramolecular Hbond substituents is 1. The van der Waals surface area contributed by atoms with Crippen LogP contribution in [0, 0.1) is 0 Å². The Morgan fingerprint density at radius 2 is 2.03 bits per heavy atom. The fourth-order valence-corrected chi connectivity index (χ4v) is 5.52. The average molecular weight is 515 g/mol. The molecule has 2 aromatic heterocycles. The molecule has 1 aliphatic rings. The van der Waals surface area contributed by atoms with Crippen LogP contribution >= 0.6 is 11.8 Å². The van der Waals surface area contributed by atoms with Gasteiger partial charge in [-0.2, -0.15) is 0 Å². The average Bonchev–Trinajstić information content (AvgIpc) is 3.49. The molecule has 4 rings (SSSR count). The zero-order chi connectivity index (χ0) is 26.1. The van der Waals surface area contributed by atoms with E-state index in [2.05, 4.69) is 4.98 Å². The Bertz CT molecular complexity index is 1450. The third-order valence-electron chi connectivity index (χ3n) is 6.14. The van der Waals surface area contributed by atoms with Gasteiger partial charge in [-0.25, -0.2) is 9.78 Å². The number of imidazole rings is 1. The first-order valence-corrected chi connectivity index (χ1v) is 12.4. The highest BCUT2D eigenvalue weighted by Crippen LogP contribution is 2.33. The highest BCUT2D eigenvalue weighted by molar-refractivity contribution is 8.00. The molecule has 1 saturated heterocycles. The van der Waals surface area contributed by atoms with Crippen molar-refractivity contribution in [3.63, 3.8) is 0 Å². The Kier molecular flexibility index (Phi) is 7.27. The minimum absolute atomic E-state index is 0.0851. The Morgan fingerprint density at radius 1 is 1.28 bits per heavy atom. The summed E-state index contributed by atoms with van der Waals surface area (Å²) >= 11 is 1.63. The van der Waals surface area contributed by atoms with Gasteiger partial charge in [0, 0.05) is 44.6 Å². The summed E-state index contributed by atoms with van der Waals surface area (Å²) in [5.41, 5.74) is 1.24. The highest BCUT2D eigenvalue weighted by Gasteiger charge is 2.29. The largest absolute Gasteiger partial charge is 0.504 e. The lowest BCUT2D eigenvalue weighted by atomic mass is 10.1. The van der Waals surface area contributed by atoms with Gasteiger partial charge in [0.25, 0.3) is 5.56 Å². The van der Waals surface area contributed by atoms with Crippen molar-refractivity contribution in [1.82, 2.24) is 28.5 Å². The molecule has 3 aromatic rings. The summed E-state index contributed by atoms with van der Waals surface area (Å²) in [5, 5.41) is 10.2. The van der Waals surface area contributed by atoms with Gasteiger partial charge in [-0.05, 0) is 37.9 Å². The molecule has 1 unspecified atom stereocenters. The highest BCUT2D eigenvalue weighted by atomic mass is 32.2. The number of benzene rings is 1. The van der Waals surface area contributed by atoms with Crippen molar-refractivity contribution in [2.24, 2.45) is 14.1 Å². The van der Waals surface area contributed by atoms with Gasteiger partial charge < -0.3 is 24.2 Å². The maximum absolute atomic E-state index is 13.1. The number of ether oxygens (including phenoxy) is 1. The molecular formula is C24H30N6O5S. The van der Waals surface area contributed by atoms with Gasteiger partial charge in [-0.15, -0.1) is 11.8 Å². The van der Waals surface area contributed by atoms with Crippen LogP contribution in [0.2, 0.25) is 0 Å². The molecule has 11 nitrogen and oxygen atoms in total. The SMILES string of the molecule is COc1cc(C=CC(=O)N2CCSC2Cn2cnc3c2c(=O)n(C)c(=O)n3C)cc(CN(C)C)c1O. The Labute approximate surface area is 212 Å².